The molecule has 76 heavy (non-hydrogen) atoms. The predicted molar refractivity (Wildman–Crippen MR) is 293 cm³/mol. The van der Waals surface area contributed by atoms with E-state index in [1.807, 2.05) is 152 Å². The molecule has 10 aromatic carbocycles. The Bertz CT molecular complexity index is 3840. The number of benzene rings is 10. The second-order valence-electron chi connectivity index (χ2n) is 20.4. The van der Waals surface area contributed by atoms with E-state index in [4.69, 9.17) is 0 Å². The Hall–Kier alpha value is -8.94. The molecule has 2 unspecified atom stereocenters. The molecule has 0 saturated heterocycles. The van der Waals surface area contributed by atoms with Crippen molar-refractivity contribution < 1.29 is 26.3 Å². The molecule has 2 atom stereocenters. The summed E-state index contributed by atoms with van der Waals surface area (Å²) in [5.74, 6) is -6.29. The van der Waals surface area contributed by atoms with E-state index in [1.165, 1.54) is 5.56 Å². The van der Waals surface area contributed by atoms with Crippen molar-refractivity contribution >= 4 is 29.2 Å². The van der Waals surface area contributed by atoms with E-state index in [1.54, 1.807) is 12.2 Å². The van der Waals surface area contributed by atoms with Gasteiger partial charge >= 0.3 is 0 Å². The van der Waals surface area contributed by atoms with Crippen LogP contribution >= 0.6 is 0 Å². The van der Waals surface area contributed by atoms with Crippen LogP contribution in [0, 0.1) is 34.9 Å². The van der Waals surface area contributed by atoms with Gasteiger partial charge in [0, 0.05) is 57.9 Å². The van der Waals surface area contributed by atoms with E-state index < -0.39 is 51.1 Å². The molecule has 0 saturated carbocycles. The van der Waals surface area contributed by atoms with Gasteiger partial charge < -0.3 is 4.90 Å². The minimum absolute atomic E-state index is 0.335. The van der Waals surface area contributed by atoms with E-state index in [0.29, 0.717) is 44.8 Å². The molecule has 13 rings (SSSR count). The van der Waals surface area contributed by atoms with Gasteiger partial charge in [-0.1, -0.05) is 179 Å². The maximum atomic E-state index is 17.1. The number of fused-ring (bicyclic) bond motifs is 9. The second-order valence-corrected chi connectivity index (χ2v) is 20.4. The zero-order valence-electron chi connectivity index (χ0n) is 41.3. The smallest absolute Gasteiger partial charge is 0.133 e. The monoisotopic (exact) mass is 1000 g/mol. The topological polar surface area (TPSA) is 3.24 Å². The van der Waals surface area contributed by atoms with Gasteiger partial charge in [0.1, 0.15) is 34.9 Å². The highest BCUT2D eigenvalue weighted by Gasteiger charge is 2.52. The lowest BCUT2D eigenvalue weighted by Gasteiger charge is -2.36. The zero-order valence-corrected chi connectivity index (χ0v) is 41.3. The van der Waals surface area contributed by atoms with Gasteiger partial charge in [0.15, 0.2) is 0 Å². The number of halogens is 6. The van der Waals surface area contributed by atoms with Crippen molar-refractivity contribution in [3.63, 3.8) is 0 Å². The van der Waals surface area contributed by atoms with Gasteiger partial charge in [0.2, 0.25) is 0 Å². The molecule has 7 heteroatoms. The van der Waals surface area contributed by atoms with Gasteiger partial charge in [-0.15, -0.1) is 0 Å². The third kappa shape index (κ3) is 6.47. The molecule has 3 aliphatic rings. The van der Waals surface area contributed by atoms with Crippen molar-refractivity contribution in [3.8, 4) is 33.4 Å². The van der Waals surface area contributed by atoms with Crippen molar-refractivity contribution in [1.82, 2.24) is 0 Å². The maximum Gasteiger partial charge on any atom is 0.133 e. The van der Waals surface area contributed by atoms with Crippen LogP contribution in [0.5, 0.6) is 0 Å². The Kier molecular flexibility index (Phi) is 10.5. The predicted octanol–water partition coefficient (Wildman–Crippen LogP) is 18.3. The van der Waals surface area contributed by atoms with Crippen LogP contribution in [0.3, 0.4) is 0 Å². The van der Waals surface area contributed by atoms with Crippen LogP contribution in [0.25, 0.3) is 45.5 Å². The van der Waals surface area contributed by atoms with E-state index in [2.05, 4.69) is 56.2 Å². The summed E-state index contributed by atoms with van der Waals surface area (Å²) in [5.41, 5.74) is 9.82. The molecule has 0 aliphatic heterocycles. The minimum Gasteiger partial charge on any atom is -0.310 e. The standard InChI is InChI=1S/C69H45F6N/c1-5-40-19-23-42(24-20-40)68(65-61(72)33-44(70)34-62(65)73)56-17-11-8-14-50(56)53-31-28-47(38-59(53)68)76(46-27-30-52-49-13-7-10-16-55(49)67(3,4)58(52)37-46)48-29-32-54-51-15-9-12-18-57(51)69(60(54)39-48,43-25-21-41(6-2)22-26-43)66-63(74)35-45(71)36-64(66)75/h5-39H,1-2H2,3-4H3. The van der Waals surface area contributed by atoms with Gasteiger partial charge in [-0.2, -0.15) is 0 Å². The summed E-state index contributed by atoms with van der Waals surface area (Å²) in [4.78, 5) is 2.07. The summed E-state index contributed by atoms with van der Waals surface area (Å²) in [6.45, 7) is 12.3. The van der Waals surface area contributed by atoms with Gasteiger partial charge in [0.05, 0.1) is 10.8 Å². The zero-order chi connectivity index (χ0) is 52.4. The van der Waals surface area contributed by atoms with Gasteiger partial charge in [-0.3, -0.25) is 0 Å². The fraction of sp³-hybridized carbons (Fsp3) is 0.0725. The lowest BCUT2D eigenvalue weighted by molar-refractivity contribution is 0.502. The summed E-state index contributed by atoms with van der Waals surface area (Å²) in [6, 6.07) is 59.1. The average molecular weight is 1000 g/mol. The summed E-state index contributed by atoms with van der Waals surface area (Å²) < 4.78 is 98.4. The first-order valence-electron chi connectivity index (χ1n) is 25.1. The second kappa shape index (κ2) is 17.1. The molecule has 0 amide bonds. The largest absolute Gasteiger partial charge is 0.310 e. The third-order valence-electron chi connectivity index (χ3n) is 16.3. The van der Waals surface area contributed by atoms with Crippen molar-refractivity contribution in [2.45, 2.75) is 30.1 Å². The quantitative estimate of drug-likeness (QED) is 0.130. The lowest BCUT2D eigenvalue weighted by atomic mass is 9.67. The molecule has 0 radical (unpaired) electrons. The van der Waals surface area contributed by atoms with Gasteiger partial charge in [0.25, 0.3) is 0 Å². The first-order valence-corrected chi connectivity index (χ1v) is 25.1. The number of nitrogens with zero attached hydrogens (tertiary/aromatic N) is 1. The lowest BCUT2D eigenvalue weighted by Crippen LogP contribution is -2.32. The SMILES string of the molecule is C=Cc1ccc(C2(c3c(F)cc(F)cc3F)c3ccccc3-c3ccc(N(c4ccc5c(c4)C(C)(C)c4ccccc4-5)c4ccc5c(c4)C(c4ccc(C=C)cc4)(c4c(F)cc(F)cc4F)c4ccccc4-5)cc32)cc1. The van der Waals surface area contributed by atoms with Crippen LogP contribution in [0.4, 0.5) is 43.4 Å². The number of anilines is 3. The van der Waals surface area contributed by atoms with E-state index in [9.17, 15) is 0 Å². The number of hydrogen-bond acceptors (Lipinski definition) is 1. The van der Waals surface area contributed by atoms with E-state index >= 15 is 26.3 Å². The molecule has 0 spiro atoms. The molecule has 3 aliphatic carbocycles. The van der Waals surface area contributed by atoms with Crippen LogP contribution in [0.2, 0.25) is 0 Å². The van der Waals surface area contributed by atoms with Crippen molar-refractivity contribution in [2.24, 2.45) is 0 Å². The van der Waals surface area contributed by atoms with Crippen LogP contribution in [0.1, 0.15) is 80.6 Å². The summed E-state index contributed by atoms with van der Waals surface area (Å²) in [5, 5.41) is 0. The fourth-order valence-electron chi connectivity index (χ4n) is 13.1. The van der Waals surface area contributed by atoms with Gasteiger partial charge in [-0.25, -0.2) is 26.3 Å². The van der Waals surface area contributed by atoms with Crippen molar-refractivity contribution in [2.75, 3.05) is 4.90 Å². The third-order valence-corrected chi connectivity index (χ3v) is 16.3. The van der Waals surface area contributed by atoms with E-state index in [0.717, 1.165) is 80.0 Å². The van der Waals surface area contributed by atoms with Crippen molar-refractivity contribution in [1.29, 1.82) is 0 Å². The Morgan fingerprint density at radius 2 is 0.658 bits per heavy atom. The average Bonchev–Trinajstić information content (AvgIpc) is 4.00. The molecular formula is C69H45F6N. The van der Waals surface area contributed by atoms with Crippen LogP contribution in [0.15, 0.2) is 213 Å². The number of hydrogen-bond donors (Lipinski definition) is 0. The molecule has 1 nitrogen and oxygen atoms in total. The Morgan fingerprint density at radius 3 is 1.04 bits per heavy atom. The molecule has 0 heterocycles. The highest BCUT2D eigenvalue weighted by atomic mass is 19.2. The number of rotatable bonds is 9. The molecule has 0 bridgehead atoms. The van der Waals surface area contributed by atoms with Crippen molar-refractivity contribution in [3.05, 3.63) is 315 Å². The highest BCUT2D eigenvalue weighted by molar-refractivity contribution is 5.93. The normalized spacial score (nSPS) is 17.0. The maximum absolute atomic E-state index is 17.1. The molecular weight excluding hydrogens is 957 g/mol. The Balaban J connectivity index is 1.13. The molecule has 0 aromatic heterocycles. The highest BCUT2D eigenvalue weighted by Crippen LogP contribution is 2.61. The fourth-order valence-corrected chi connectivity index (χ4v) is 13.1. The van der Waals surface area contributed by atoms with Gasteiger partial charge in [-0.05, 0) is 125 Å². The summed E-state index contributed by atoms with van der Waals surface area (Å²) in [7, 11) is 0. The molecule has 0 N–H and O–H groups in total. The van der Waals surface area contributed by atoms with E-state index in [-0.39, 0.29) is 11.1 Å². The summed E-state index contributed by atoms with van der Waals surface area (Å²) in [6.07, 6.45) is 3.38. The Labute approximate surface area is 437 Å². The van der Waals surface area contributed by atoms with Crippen LogP contribution in [-0.4, -0.2) is 0 Å². The molecule has 368 valence electrons. The summed E-state index contributed by atoms with van der Waals surface area (Å²) >= 11 is 0. The first kappa shape index (κ1) is 46.8. The minimum atomic E-state index is -1.65. The van der Waals surface area contributed by atoms with Crippen LogP contribution in [-0.2, 0) is 16.2 Å². The van der Waals surface area contributed by atoms with Crippen LogP contribution < -0.4 is 4.90 Å². The molecule has 10 aromatic rings. The first-order chi connectivity index (χ1) is 36.8. The Morgan fingerprint density at radius 1 is 0.342 bits per heavy atom. The molecule has 0 fully saturated rings.